The Bertz CT molecular complexity index is 3190. The molecule has 0 unspecified atom stereocenters. The van der Waals surface area contributed by atoms with E-state index in [1.807, 2.05) is 36.7 Å². The Labute approximate surface area is 330 Å². The maximum Gasteiger partial charge on any atom is 0.0788 e. The van der Waals surface area contributed by atoms with Gasteiger partial charge in [0.05, 0.1) is 33.6 Å². The van der Waals surface area contributed by atoms with Gasteiger partial charge in [0.2, 0.25) is 0 Å². The van der Waals surface area contributed by atoms with Gasteiger partial charge in [-0.2, -0.15) is 0 Å². The second kappa shape index (κ2) is 13.6. The molecular weight excluding hydrogens is 693 g/mol. The van der Waals surface area contributed by atoms with E-state index in [0.29, 0.717) is 0 Å². The SMILES string of the molecule is c1ccc(-c2nc3cc(-c4ccc(-c5cc(-c6ccccn6)cc(-c6ccccn6)c5)cc4)ccc3c3c2ccc2c3c3ccccc3n2-c2ccccc2)cc1. The summed E-state index contributed by atoms with van der Waals surface area (Å²) in [6.07, 6.45) is 3.68. The molecule has 0 aliphatic rings. The zero-order chi connectivity index (χ0) is 37.7. The fourth-order valence-corrected chi connectivity index (χ4v) is 8.42. The van der Waals surface area contributed by atoms with Crippen LogP contribution in [-0.4, -0.2) is 19.5 Å². The van der Waals surface area contributed by atoms with Crippen molar-refractivity contribution in [2.75, 3.05) is 0 Å². The molecule has 57 heavy (non-hydrogen) atoms. The molecule has 4 heterocycles. The summed E-state index contributed by atoms with van der Waals surface area (Å²) < 4.78 is 2.39. The zero-order valence-corrected chi connectivity index (χ0v) is 30.9. The summed E-state index contributed by atoms with van der Waals surface area (Å²) in [5.41, 5.74) is 15.0. The molecule has 0 amide bonds. The molecule has 4 heteroatoms. The summed E-state index contributed by atoms with van der Waals surface area (Å²) in [6, 6.07) is 68.8. The minimum atomic E-state index is 0.932. The third-order valence-electron chi connectivity index (χ3n) is 11.1. The quantitative estimate of drug-likeness (QED) is 0.160. The molecule has 0 aliphatic heterocycles. The fourth-order valence-electron chi connectivity index (χ4n) is 8.42. The Morgan fingerprint density at radius 1 is 0.333 bits per heavy atom. The van der Waals surface area contributed by atoms with Crippen molar-refractivity contribution in [2.24, 2.45) is 0 Å². The van der Waals surface area contributed by atoms with Gasteiger partial charge >= 0.3 is 0 Å². The first kappa shape index (κ1) is 32.7. The predicted octanol–water partition coefficient (Wildman–Crippen LogP) is 13.6. The maximum atomic E-state index is 5.44. The third-order valence-corrected chi connectivity index (χ3v) is 11.1. The van der Waals surface area contributed by atoms with Crippen molar-refractivity contribution >= 4 is 43.5 Å². The Morgan fingerprint density at radius 2 is 0.912 bits per heavy atom. The minimum absolute atomic E-state index is 0.932. The number of fused-ring (bicyclic) bond motifs is 7. The van der Waals surface area contributed by atoms with Crippen LogP contribution in [0.15, 0.2) is 207 Å². The Kier molecular flexibility index (Phi) is 7.78. The van der Waals surface area contributed by atoms with Gasteiger partial charge in [0.25, 0.3) is 0 Å². The van der Waals surface area contributed by atoms with Crippen LogP contribution < -0.4 is 0 Å². The van der Waals surface area contributed by atoms with Crippen molar-refractivity contribution in [3.63, 3.8) is 0 Å². The van der Waals surface area contributed by atoms with E-state index in [9.17, 15) is 0 Å². The topological polar surface area (TPSA) is 43.6 Å². The van der Waals surface area contributed by atoms with E-state index in [2.05, 4.69) is 184 Å². The van der Waals surface area contributed by atoms with Gasteiger partial charge < -0.3 is 4.57 Å². The van der Waals surface area contributed by atoms with Gasteiger partial charge in [0.1, 0.15) is 0 Å². The van der Waals surface area contributed by atoms with Gasteiger partial charge in [-0.25, -0.2) is 4.98 Å². The van der Waals surface area contributed by atoms with E-state index in [1.165, 1.54) is 27.2 Å². The van der Waals surface area contributed by atoms with Crippen LogP contribution in [0.3, 0.4) is 0 Å². The van der Waals surface area contributed by atoms with Gasteiger partial charge in [0, 0.05) is 61.7 Å². The molecule has 11 rings (SSSR count). The molecule has 0 radical (unpaired) electrons. The lowest BCUT2D eigenvalue weighted by Gasteiger charge is -2.14. The largest absolute Gasteiger partial charge is 0.309 e. The molecule has 0 atom stereocenters. The maximum absolute atomic E-state index is 5.44. The predicted molar refractivity (Wildman–Crippen MR) is 236 cm³/mol. The van der Waals surface area contributed by atoms with E-state index >= 15 is 0 Å². The summed E-state index contributed by atoms with van der Waals surface area (Å²) in [6.45, 7) is 0. The third kappa shape index (κ3) is 5.66. The monoisotopic (exact) mass is 726 g/mol. The van der Waals surface area contributed by atoms with Crippen molar-refractivity contribution < 1.29 is 0 Å². The Balaban J connectivity index is 1.08. The highest BCUT2D eigenvalue weighted by Gasteiger charge is 2.20. The van der Waals surface area contributed by atoms with Crippen LogP contribution in [0.25, 0.3) is 105 Å². The van der Waals surface area contributed by atoms with Crippen LogP contribution in [-0.2, 0) is 0 Å². The van der Waals surface area contributed by atoms with E-state index in [0.717, 1.165) is 78.0 Å². The molecule has 0 spiro atoms. The van der Waals surface area contributed by atoms with Crippen LogP contribution in [0.5, 0.6) is 0 Å². The molecule has 4 nitrogen and oxygen atoms in total. The van der Waals surface area contributed by atoms with Crippen molar-refractivity contribution in [1.29, 1.82) is 0 Å². The highest BCUT2D eigenvalue weighted by Crippen LogP contribution is 2.43. The molecule has 0 saturated heterocycles. The number of hydrogen-bond acceptors (Lipinski definition) is 3. The average Bonchev–Trinajstić information content (AvgIpc) is 3.64. The standard InChI is InChI=1S/C53H34N4/c1-3-13-37(14-4-1)53-45-27-28-50-52(44-17-7-8-20-49(44)57(50)42-15-5-2-6-16-42)51(45)43-26-25-38(34-48(43)56-53)35-21-23-36(24-22-35)39-31-40(46-18-9-11-29-54-46)33-41(32-39)47-19-10-12-30-55-47/h1-34H. The summed E-state index contributed by atoms with van der Waals surface area (Å²) >= 11 is 0. The van der Waals surface area contributed by atoms with Crippen LogP contribution in [0, 0.1) is 0 Å². The molecule has 7 aromatic carbocycles. The van der Waals surface area contributed by atoms with E-state index in [-0.39, 0.29) is 0 Å². The van der Waals surface area contributed by atoms with E-state index < -0.39 is 0 Å². The molecule has 4 aromatic heterocycles. The Morgan fingerprint density at radius 3 is 1.60 bits per heavy atom. The highest BCUT2D eigenvalue weighted by molar-refractivity contribution is 6.29. The molecule has 11 aromatic rings. The fraction of sp³-hybridized carbons (Fsp3) is 0. The summed E-state index contributed by atoms with van der Waals surface area (Å²) in [5.74, 6) is 0. The number of para-hydroxylation sites is 2. The summed E-state index contributed by atoms with van der Waals surface area (Å²) in [7, 11) is 0. The average molecular weight is 727 g/mol. The highest BCUT2D eigenvalue weighted by atomic mass is 15.0. The number of nitrogens with zero attached hydrogens (tertiary/aromatic N) is 4. The lowest BCUT2D eigenvalue weighted by Crippen LogP contribution is -1.94. The van der Waals surface area contributed by atoms with Crippen molar-refractivity contribution in [3.05, 3.63) is 207 Å². The first-order valence-corrected chi connectivity index (χ1v) is 19.3. The van der Waals surface area contributed by atoms with Gasteiger partial charge in [-0.3, -0.25) is 9.97 Å². The lowest BCUT2D eigenvalue weighted by molar-refractivity contribution is 1.18. The molecular formula is C53H34N4. The zero-order valence-electron chi connectivity index (χ0n) is 30.9. The van der Waals surface area contributed by atoms with Gasteiger partial charge in [-0.1, -0.05) is 121 Å². The second-order valence-electron chi connectivity index (χ2n) is 14.4. The first-order chi connectivity index (χ1) is 28.3. The van der Waals surface area contributed by atoms with E-state index in [1.54, 1.807) is 0 Å². The number of aromatic nitrogens is 4. The number of hydrogen-bond donors (Lipinski definition) is 0. The van der Waals surface area contributed by atoms with Crippen molar-refractivity contribution in [3.8, 4) is 61.7 Å². The van der Waals surface area contributed by atoms with Gasteiger partial charge in [0.15, 0.2) is 0 Å². The van der Waals surface area contributed by atoms with Crippen LogP contribution >= 0.6 is 0 Å². The second-order valence-corrected chi connectivity index (χ2v) is 14.4. The normalized spacial score (nSPS) is 11.5. The van der Waals surface area contributed by atoms with Crippen LogP contribution in [0.4, 0.5) is 0 Å². The number of benzene rings is 7. The number of pyridine rings is 3. The van der Waals surface area contributed by atoms with E-state index in [4.69, 9.17) is 4.98 Å². The molecule has 0 N–H and O–H groups in total. The number of rotatable bonds is 6. The summed E-state index contributed by atoms with van der Waals surface area (Å²) in [4.78, 5) is 14.8. The minimum Gasteiger partial charge on any atom is -0.309 e. The van der Waals surface area contributed by atoms with Crippen LogP contribution in [0.2, 0.25) is 0 Å². The van der Waals surface area contributed by atoms with Gasteiger partial charge in [-0.05, 0) is 95.1 Å². The smallest absolute Gasteiger partial charge is 0.0788 e. The molecule has 0 aliphatic carbocycles. The van der Waals surface area contributed by atoms with Crippen molar-refractivity contribution in [1.82, 2.24) is 19.5 Å². The Hall–Kier alpha value is -7.69. The van der Waals surface area contributed by atoms with Crippen molar-refractivity contribution in [2.45, 2.75) is 0 Å². The molecule has 0 saturated carbocycles. The summed E-state index contributed by atoms with van der Waals surface area (Å²) in [5, 5.41) is 5.98. The molecule has 266 valence electrons. The molecule has 0 fully saturated rings. The van der Waals surface area contributed by atoms with Crippen LogP contribution in [0.1, 0.15) is 0 Å². The lowest BCUT2D eigenvalue weighted by atomic mass is 9.93. The molecule has 0 bridgehead atoms. The first-order valence-electron chi connectivity index (χ1n) is 19.3. The van der Waals surface area contributed by atoms with Gasteiger partial charge in [-0.15, -0.1) is 0 Å².